The summed E-state index contributed by atoms with van der Waals surface area (Å²) in [6.45, 7) is 4.99. The number of fused-ring (bicyclic) bond motifs is 3. The van der Waals surface area contributed by atoms with E-state index < -0.39 is 12.1 Å². The molecule has 3 aliphatic heterocycles. The van der Waals surface area contributed by atoms with Crippen molar-refractivity contribution >= 4 is 23.4 Å². The number of aromatic nitrogens is 3. The molecule has 4 aliphatic rings. The zero-order valence-electron chi connectivity index (χ0n) is 20.2. The summed E-state index contributed by atoms with van der Waals surface area (Å²) in [6, 6.07) is 6.01. The Balaban J connectivity index is 1.36. The van der Waals surface area contributed by atoms with Crippen LogP contribution in [0.2, 0.25) is 0 Å². The largest absolute Gasteiger partial charge is 0.351 e. The minimum Gasteiger partial charge on any atom is -0.351 e. The molecule has 0 bridgehead atoms. The minimum absolute atomic E-state index is 0.0152. The van der Waals surface area contributed by atoms with Crippen molar-refractivity contribution in [1.82, 2.24) is 19.9 Å². The topological polar surface area (TPSA) is 89.3 Å². The number of pyridine rings is 1. The number of carbonyl (C=O) groups excluding carboxylic acids is 1. The lowest BCUT2D eigenvalue weighted by atomic mass is 9.66. The average molecular weight is 476 g/mol. The smallest absolute Gasteiger partial charge is 0.231 e. The maximum atomic E-state index is 13.6. The number of hydrogen-bond donors (Lipinski definition) is 0. The Labute approximate surface area is 204 Å². The van der Waals surface area contributed by atoms with Crippen LogP contribution in [0.5, 0.6) is 0 Å². The van der Waals surface area contributed by atoms with Gasteiger partial charge in [0.15, 0.2) is 0 Å². The normalized spacial score (nSPS) is 24.3. The number of nitriles is 1. The Morgan fingerprint density at radius 1 is 1.20 bits per heavy atom. The number of anilines is 3. The van der Waals surface area contributed by atoms with Gasteiger partial charge in [-0.15, -0.1) is 0 Å². The zero-order chi connectivity index (χ0) is 24.4. The SMILES string of the molecule is CC(C)(CF)C(=O)N1CCC2C1CCN2c1ncnc2c1C1(CCC1)CN2c1cc(C#N)ccn1. The Morgan fingerprint density at radius 3 is 2.69 bits per heavy atom. The van der Waals surface area contributed by atoms with Crippen LogP contribution in [-0.2, 0) is 10.2 Å². The fraction of sp³-hybridized carbons (Fsp3) is 0.577. The van der Waals surface area contributed by atoms with Gasteiger partial charge in [0.1, 0.15) is 30.5 Å². The number of rotatable bonds is 4. The van der Waals surface area contributed by atoms with Gasteiger partial charge in [0.2, 0.25) is 5.91 Å². The van der Waals surface area contributed by atoms with E-state index in [0.29, 0.717) is 12.1 Å². The first-order valence-electron chi connectivity index (χ1n) is 12.5. The Bertz CT molecular complexity index is 1220. The van der Waals surface area contributed by atoms with Crippen molar-refractivity contribution in [2.24, 2.45) is 5.41 Å². The first kappa shape index (κ1) is 22.2. The third-order valence-corrected chi connectivity index (χ3v) is 8.54. The van der Waals surface area contributed by atoms with Crippen molar-refractivity contribution in [3.8, 4) is 6.07 Å². The van der Waals surface area contributed by atoms with E-state index in [9.17, 15) is 14.4 Å². The lowest BCUT2D eigenvalue weighted by Crippen LogP contribution is -2.46. The molecule has 5 heterocycles. The highest BCUT2D eigenvalue weighted by atomic mass is 19.1. The molecule has 1 spiro atoms. The number of carbonyl (C=O) groups is 1. The van der Waals surface area contributed by atoms with Gasteiger partial charge < -0.3 is 14.7 Å². The van der Waals surface area contributed by atoms with E-state index in [1.165, 1.54) is 12.0 Å². The van der Waals surface area contributed by atoms with Crippen LogP contribution >= 0.6 is 0 Å². The van der Waals surface area contributed by atoms with Gasteiger partial charge >= 0.3 is 0 Å². The molecule has 182 valence electrons. The van der Waals surface area contributed by atoms with Crippen LogP contribution in [0.4, 0.5) is 21.8 Å². The molecule has 1 amide bonds. The Kier molecular flexibility index (Phi) is 4.99. The predicted octanol–water partition coefficient (Wildman–Crippen LogP) is 3.49. The molecular weight excluding hydrogens is 445 g/mol. The predicted molar refractivity (Wildman–Crippen MR) is 129 cm³/mol. The molecule has 2 atom stereocenters. The highest BCUT2D eigenvalue weighted by Crippen LogP contribution is 2.56. The molecule has 2 aromatic rings. The molecule has 2 aromatic heterocycles. The van der Waals surface area contributed by atoms with E-state index in [-0.39, 0.29) is 23.4 Å². The van der Waals surface area contributed by atoms with Crippen molar-refractivity contribution < 1.29 is 9.18 Å². The average Bonchev–Trinajstić information content (AvgIpc) is 3.55. The molecule has 8 nitrogen and oxygen atoms in total. The molecule has 2 saturated heterocycles. The van der Waals surface area contributed by atoms with E-state index in [1.54, 1.807) is 32.4 Å². The van der Waals surface area contributed by atoms with Gasteiger partial charge in [-0.05, 0) is 51.7 Å². The molecule has 0 aromatic carbocycles. The summed E-state index contributed by atoms with van der Waals surface area (Å²) >= 11 is 0. The van der Waals surface area contributed by atoms with Crippen LogP contribution in [0, 0.1) is 16.7 Å². The molecule has 2 unspecified atom stereocenters. The Morgan fingerprint density at radius 2 is 1.97 bits per heavy atom. The lowest BCUT2D eigenvalue weighted by molar-refractivity contribution is -0.142. The van der Waals surface area contributed by atoms with Crippen LogP contribution in [-0.4, -0.2) is 64.2 Å². The summed E-state index contributed by atoms with van der Waals surface area (Å²) in [4.78, 5) is 33.6. The van der Waals surface area contributed by atoms with Gasteiger partial charge in [-0.3, -0.25) is 4.79 Å². The van der Waals surface area contributed by atoms with Crippen LogP contribution in [0.3, 0.4) is 0 Å². The van der Waals surface area contributed by atoms with Crippen LogP contribution in [0.15, 0.2) is 24.7 Å². The van der Waals surface area contributed by atoms with Gasteiger partial charge in [-0.25, -0.2) is 19.3 Å². The number of likely N-dealkylation sites (tertiary alicyclic amines) is 1. The molecule has 35 heavy (non-hydrogen) atoms. The quantitative estimate of drug-likeness (QED) is 0.669. The van der Waals surface area contributed by atoms with Gasteiger partial charge in [-0.1, -0.05) is 6.42 Å². The second kappa shape index (κ2) is 7.87. The van der Waals surface area contributed by atoms with Gasteiger partial charge in [0, 0.05) is 36.8 Å². The molecule has 6 rings (SSSR count). The van der Waals surface area contributed by atoms with E-state index >= 15 is 0 Å². The maximum absolute atomic E-state index is 13.6. The third-order valence-electron chi connectivity index (χ3n) is 8.54. The number of amides is 1. The summed E-state index contributed by atoms with van der Waals surface area (Å²) in [5.41, 5.74) is 0.762. The van der Waals surface area contributed by atoms with Crippen molar-refractivity contribution in [1.29, 1.82) is 5.26 Å². The van der Waals surface area contributed by atoms with Crippen molar-refractivity contribution in [2.45, 2.75) is 63.5 Å². The second-order valence-corrected chi connectivity index (χ2v) is 11.1. The van der Waals surface area contributed by atoms with E-state index in [0.717, 1.165) is 56.2 Å². The second-order valence-electron chi connectivity index (χ2n) is 11.1. The number of hydrogen-bond acceptors (Lipinski definition) is 7. The van der Waals surface area contributed by atoms with Crippen molar-refractivity contribution in [3.05, 3.63) is 35.8 Å². The number of halogens is 1. The molecule has 0 N–H and O–H groups in total. The summed E-state index contributed by atoms with van der Waals surface area (Å²) in [6.07, 6.45) is 8.35. The fourth-order valence-corrected chi connectivity index (χ4v) is 6.50. The highest BCUT2D eigenvalue weighted by molar-refractivity contribution is 5.83. The number of alkyl halides is 1. The third kappa shape index (κ3) is 3.22. The van der Waals surface area contributed by atoms with Crippen molar-refractivity contribution in [3.63, 3.8) is 0 Å². The van der Waals surface area contributed by atoms with E-state index in [4.69, 9.17) is 9.97 Å². The van der Waals surface area contributed by atoms with Crippen LogP contribution in [0.25, 0.3) is 0 Å². The van der Waals surface area contributed by atoms with Gasteiger partial charge in [0.25, 0.3) is 0 Å². The first-order chi connectivity index (χ1) is 16.9. The molecular formula is C26H30FN7O. The highest BCUT2D eigenvalue weighted by Gasteiger charge is 2.54. The zero-order valence-corrected chi connectivity index (χ0v) is 20.2. The van der Waals surface area contributed by atoms with Gasteiger partial charge in [0.05, 0.1) is 29.1 Å². The maximum Gasteiger partial charge on any atom is 0.231 e. The van der Waals surface area contributed by atoms with Crippen LogP contribution in [0.1, 0.15) is 57.1 Å². The standard InChI is InChI=1S/C26H30FN7O/c1-25(2,14-27)24(35)33-11-6-18-19(33)5-10-32(18)22-21-23(31-16-30-22)34(15-26(21)7-3-8-26)20-12-17(13-28)4-9-29-20/h4,9,12,16,18-19H,3,5-8,10-11,14-15H2,1-2H3. The monoisotopic (exact) mass is 475 g/mol. The van der Waals surface area contributed by atoms with Crippen molar-refractivity contribution in [2.75, 3.05) is 36.1 Å². The summed E-state index contributed by atoms with van der Waals surface area (Å²) in [5.74, 6) is 2.50. The fourth-order valence-electron chi connectivity index (χ4n) is 6.50. The molecule has 3 fully saturated rings. The summed E-state index contributed by atoms with van der Waals surface area (Å²) in [7, 11) is 0. The number of nitrogens with zero attached hydrogens (tertiary/aromatic N) is 7. The lowest BCUT2D eigenvalue weighted by Gasteiger charge is -2.40. The van der Waals surface area contributed by atoms with E-state index in [1.807, 2.05) is 11.0 Å². The van der Waals surface area contributed by atoms with Gasteiger partial charge in [-0.2, -0.15) is 5.26 Å². The molecule has 1 aliphatic carbocycles. The summed E-state index contributed by atoms with van der Waals surface area (Å²) in [5, 5.41) is 9.38. The summed E-state index contributed by atoms with van der Waals surface area (Å²) < 4.78 is 13.6. The molecule has 1 saturated carbocycles. The van der Waals surface area contributed by atoms with E-state index in [2.05, 4.69) is 20.9 Å². The van der Waals surface area contributed by atoms with Crippen LogP contribution < -0.4 is 9.80 Å². The molecule has 0 radical (unpaired) electrons. The molecule has 9 heteroatoms. The Hall–Kier alpha value is -3.28. The first-order valence-corrected chi connectivity index (χ1v) is 12.5. The minimum atomic E-state index is -0.986.